The minimum absolute atomic E-state index is 0.272. The first-order chi connectivity index (χ1) is 11.1. The Labute approximate surface area is 142 Å². The van der Waals surface area contributed by atoms with Gasteiger partial charge >= 0.3 is 0 Å². The minimum Gasteiger partial charge on any atom is -0.378 e. The summed E-state index contributed by atoms with van der Waals surface area (Å²) in [5.41, 5.74) is 1.78. The van der Waals surface area contributed by atoms with Crippen LogP contribution in [0.2, 0.25) is 0 Å². The fourth-order valence-corrected chi connectivity index (χ4v) is 2.91. The van der Waals surface area contributed by atoms with Crippen LogP contribution in [0.1, 0.15) is 10.4 Å². The van der Waals surface area contributed by atoms with Gasteiger partial charge in [0.15, 0.2) is 0 Å². The van der Waals surface area contributed by atoms with Crippen LogP contribution in [-0.2, 0) is 4.74 Å². The average Bonchev–Trinajstić information content (AvgIpc) is 2.56. The summed E-state index contributed by atoms with van der Waals surface area (Å²) in [4.78, 5) is 14.5. The third-order valence-corrected chi connectivity index (χ3v) is 4.14. The van der Waals surface area contributed by atoms with E-state index in [1.54, 1.807) is 24.3 Å². The van der Waals surface area contributed by atoms with Crippen molar-refractivity contribution in [2.75, 3.05) is 36.5 Å². The monoisotopic (exact) mass is 378 g/mol. The summed E-state index contributed by atoms with van der Waals surface area (Å²) in [5.74, 6) is -0.655. The van der Waals surface area contributed by atoms with Crippen LogP contribution in [0.25, 0.3) is 0 Å². The predicted octanol–water partition coefficient (Wildman–Crippen LogP) is 3.68. The number of ether oxygens (including phenoxy) is 1. The van der Waals surface area contributed by atoms with Crippen molar-refractivity contribution >= 4 is 33.2 Å². The molecule has 0 bridgehead atoms. The predicted molar refractivity (Wildman–Crippen MR) is 91.5 cm³/mol. The third kappa shape index (κ3) is 3.89. The summed E-state index contributed by atoms with van der Waals surface area (Å²) in [6, 6.07) is 11.5. The van der Waals surface area contributed by atoms with Gasteiger partial charge in [-0.2, -0.15) is 0 Å². The van der Waals surface area contributed by atoms with E-state index < -0.39 is 0 Å². The van der Waals surface area contributed by atoms with Gasteiger partial charge in [0.1, 0.15) is 5.82 Å². The molecule has 23 heavy (non-hydrogen) atoms. The first kappa shape index (κ1) is 16.0. The number of morpholine rings is 1. The zero-order valence-electron chi connectivity index (χ0n) is 12.4. The number of anilines is 2. The standard InChI is InChI=1S/C17H16BrFN2O2/c18-13-3-1-2-12(10-13)17(22)20-15-11-14(19)4-5-16(15)21-6-8-23-9-7-21/h1-5,10-11H,6-9H2,(H,20,22). The molecule has 0 atom stereocenters. The number of carbonyl (C=O) groups is 1. The van der Waals surface area contributed by atoms with Gasteiger partial charge in [-0.25, -0.2) is 4.39 Å². The van der Waals surface area contributed by atoms with E-state index in [-0.39, 0.29) is 11.7 Å². The fraction of sp³-hybridized carbons (Fsp3) is 0.235. The van der Waals surface area contributed by atoms with E-state index in [1.165, 1.54) is 12.1 Å². The first-order valence-corrected chi connectivity index (χ1v) is 8.12. The minimum atomic E-state index is -0.383. The summed E-state index contributed by atoms with van der Waals surface area (Å²) < 4.78 is 19.8. The molecule has 3 rings (SSSR count). The molecule has 1 fully saturated rings. The van der Waals surface area contributed by atoms with Crippen LogP contribution < -0.4 is 10.2 Å². The number of hydrogen-bond acceptors (Lipinski definition) is 3. The van der Waals surface area contributed by atoms with Crippen LogP contribution >= 0.6 is 15.9 Å². The van der Waals surface area contributed by atoms with Crippen molar-refractivity contribution in [3.8, 4) is 0 Å². The third-order valence-electron chi connectivity index (χ3n) is 3.65. The van der Waals surface area contributed by atoms with Crippen molar-refractivity contribution in [2.45, 2.75) is 0 Å². The highest BCUT2D eigenvalue weighted by molar-refractivity contribution is 9.10. The van der Waals surface area contributed by atoms with Gasteiger partial charge in [-0.15, -0.1) is 0 Å². The number of rotatable bonds is 3. The van der Waals surface area contributed by atoms with E-state index in [2.05, 4.69) is 26.1 Å². The number of carbonyl (C=O) groups excluding carboxylic acids is 1. The van der Waals surface area contributed by atoms with Gasteiger partial charge in [-0.05, 0) is 36.4 Å². The molecule has 0 aliphatic carbocycles. The van der Waals surface area contributed by atoms with Crippen molar-refractivity contribution in [3.63, 3.8) is 0 Å². The molecule has 120 valence electrons. The first-order valence-electron chi connectivity index (χ1n) is 7.32. The zero-order valence-corrected chi connectivity index (χ0v) is 14.0. The number of amides is 1. The summed E-state index contributed by atoms with van der Waals surface area (Å²) in [6.45, 7) is 2.67. The van der Waals surface area contributed by atoms with Crippen molar-refractivity contribution < 1.29 is 13.9 Å². The van der Waals surface area contributed by atoms with Gasteiger partial charge in [0.25, 0.3) is 5.91 Å². The van der Waals surface area contributed by atoms with E-state index in [9.17, 15) is 9.18 Å². The topological polar surface area (TPSA) is 41.6 Å². The molecule has 1 amide bonds. The molecule has 4 nitrogen and oxygen atoms in total. The molecule has 0 spiro atoms. The summed E-state index contributed by atoms with van der Waals surface area (Å²) in [7, 11) is 0. The van der Waals surface area contributed by atoms with Gasteiger partial charge < -0.3 is 15.0 Å². The molecular weight excluding hydrogens is 363 g/mol. The maximum atomic E-state index is 13.6. The number of halogens is 2. The molecule has 1 N–H and O–H groups in total. The molecule has 1 saturated heterocycles. The van der Waals surface area contributed by atoms with Gasteiger partial charge in [-0.1, -0.05) is 22.0 Å². The second-order valence-corrected chi connectivity index (χ2v) is 6.14. The normalized spacial score (nSPS) is 14.6. The molecule has 0 radical (unpaired) electrons. The Bertz CT molecular complexity index is 717. The van der Waals surface area contributed by atoms with Gasteiger partial charge in [0, 0.05) is 23.1 Å². The molecule has 1 heterocycles. The number of benzene rings is 2. The smallest absolute Gasteiger partial charge is 0.255 e. The zero-order chi connectivity index (χ0) is 16.2. The highest BCUT2D eigenvalue weighted by atomic mass is 79.9. The van der Waals surface area contributed by atoms with Crippen LogP contribution in [0.15, 0.2) is 46.9 Å². The van der Waals surface area contributed by atoms with Crippen molar-refractivity contribution in [1.82, 2.24) is 0 Å². The van der Waals surface area contributed by atoms with Gasteiger partial charge in [0.05, 0.1) is 24.6 Å². The lowest BCUT2D eigenvalue weighted by molar-refractivity contribution is 0.102. The maximum Gasteiger partial charge on any atom is 0.255 e. The lowest BCUT2D eigenvalue weighted by Crippen LogP contribution is -2.36. The average molecular weight is 379 g/mol. The maximum absolute atomic E-state index is 13.6. The van der Waals surface area contributed by atoms with Crippen LogP contribution in [0.3, 0.4) is 0 Å². The van der Waals surface area contributed by atoms with Gasteiger partial charge in [0.2, 0.25) is 0 Å². The Kier molecular flexibility index (Phi) is 4.93. The van der Waals surface area contributed by atoms with Crippen molar-refractivity contribution in [2.24, 2.45) is 0 Å². The quantitative estimate of drug-likeness (QED) is 0.885. The van der Waals surface area contributed by atoms with E-state index in [1.807, 2.05) is 6.07 Å². The Morgan fingerprint density at radius 2 is 1.96 bits per heavy atom. The summed E-state index contributed by atoms with van der Waals surface area (Å²) in [5, 5.41) is 2.81. The highest BCUT2D eigenvalue weighted by Crippen LogP contribution is 2.28. The molecule has 0 aromatic heterocycles. The SMILES string of the molecule is O=C(Nc1cc(F)ccc1N1CCOCC1)c1cccc(Br)c1. The van der Waals surface area contributed by atoms with E-state index >= 15 is 0 Å². The van der Waals surface area contributed by atoms with E-state index in [0.29, 0.717) is 37.6 Å². The number of nitrogens with zero attached hydrogens (tertiary/aromatic N) is 1. The van der Waals surface area contributed by atoms with Crippen molar-refractivity contribution in [1.29, 1.82) is 0 Å². The second-order valence-electron chi connectivity index (χ2n) is 5.23. The van der Waals surface area contributed by atoms with Crippen molar-refractivity contribution in [3.05, 3.63) is 58.3 Å². The summed E-state index contributed by atoms with van der Waals surface area (Å²) >= 11 is 3.34. The Morgan fingerprint density at radius 3 is 2.70 bits per heavy atom. The second kappa shape index (κ2) is 7.10. The van der Waals surface area contributed by atoms with Gasteiger partial charge in [-0.3, -0.25) is 4.79 Å². The fourth-order valence-electron chi connectivity index (χ4n) is 2.51. The molecule has 6 heteroatoms. The summed E-state index contributed by atoms with van der Waals surface area (Å²) in [6.07, 6.45) is 0. The van der Waals surface area contributed by atoms with Crippen LogP contribution in [0, 0.1) is 5.82 Å². The molecular formula is C17H16BrFN2O2. The molecule has 1 aliphatic rings. The largest absolute Gasteiger partial charge is 0.378 e. The van der Waals surface area contributed by atoms with E-state index in [4.69, 9.17) is 4.74 Å². The molecule has 1 aliphatic heterocycles. The van der Waals surface area contributed by atoms with Crippen LogP contribution in [-0.4, -0.2) is 32.2 Å². The number of hydrogen-bond donors (Lipinski definition) is 1. The Balaban J connectivity index is 1.86. The number of nitrogens with one attached hydrogen (secondary N) is 1. The molecule has 0 saturated carbocycles. The lowest BCUT2D eigenvalue weighted by Gasteiger charge is -2.30. The molecule has 2 aromatic carbocycles. The lowest BCUT2D eigenvalue weighted by atomic mass is 10.2. The molecule has 2 aromatic rings. The Morgan fingerprint density at radius 1 is 1.17 bits per heavy atom. The highest BCUT2D eigenvalue weighted by Gasteiger charge is 2.17. The van der Waals surface area contributed by atoms with Crippen LogP contribution in [0.4, 0.5) is 15.8 Å². The Hall–Kier alpha value is -1.92. The molecule has 0 unspecified atom stereocenters. The van der Waals surface area contributed by atoms with E-state index in [0.717, 1.165) is 10.2 Å². The van der Waals surface area contributed by atoms with Crippen LogP contribution in [0.5, 0.6) is 0 Å².